The SMILES string of the molecule is COC(=O)c1c(NC(=O)c2cc(S(=O)(=O)N3CCCCC3C)ccc2C)sc(C)c1C. The molecule has 1 amide bonds. The summed E-state index contributed by atoms with van der Waals surface area (Å²) >= 11 is 1.29. The van der Waals surface area contributed by atoms with Gasteiger partial charge in [0.1, 0.15) is 5.00 Å². The van der Waals surface area contributed by atoms with Crippen LogP contribution in [0.2, 0.25) is 0 Å². The highest BCUT2D eigenvalue weighted by Crippen LogP contribution is 2.34. The first-order chi connectivity index (χ1) is 14.6. The lowest BCUT2D eigenvalue weighted by atomic mass is 10.1. The second-order valence-corrected chi connectivity index (χ2v) is 11.0. The van der Waals surface area contributed by atoms with E-state index in [1.807, 2.05) is 13.8 Å². The van der Waals surface area contributed by atoms with Crippen LogP contribution in [0.25, 0.3) is 0 Å². The number of esters is 1. The van der Waals surface area contributed by atoms with Crippen LogP contribution in [0.3, 0.4) is 0 Å². The van der Waals surface area contributed by atoms with E-state index in [1.165, 1.54) is 28.8 Å². The molecule has 9 heteroatoms. The highest BCUT2D eigenvalue weighted by molar-refractivity contribution is 7.89. The molecule has 168 valence electrons. The summed E-state index contributed by atoms with van der Waals surface area (Å²) in [6, 6.07) is 4.54. The quantitative estimate of drug-likeness (QED) is 0.667. The average Bonchev–Trinajstić information content (AvgIpc) is 3.00. The van der Waals surface area contributed by atoms with Crippen molar-refractivity contribution in [2.75, 3.05) is 19.0 Å². The molecule has 2 heterocycles. The van der Waals surface area contributed by atoms with Gasteiger partial charge in [0.05, 0.1) is 17.6 Å². The van der Waals surface area contributed by atoms with Gasteiger partial charge in [0, 0.05) is 23.0 Å². The van der Waals surface area contributed by atoms with Crippen molar-refractivity contribution in [3.63, 3.8) is 0 Å². The van der Waals surface area contributed by atoms with Gasteiger partial charge in [0.15, 0.2) is 0 Å². The Bertz CT molecular complexity index is 1120. The van der Waals surface area contributed by atoms with Gasteiger partial charge in [-0.25, -0.2) is 13.2 Å². The standard InChI is InChI=1S/C22H28N2O5S2/c1-13-9-10-17(31(27,28)24-11-7-6-8-14(24)2)12-18(13)20(25)23-21-19(22(26)29-5)15(3)16(4)30-21/h9-10,12,14H,6-8,11H2,1-5H3,(H,23,25). The molecule has 31 heavy (non-hydrogen) atoms. The van der Waals surface area contributed by atoms with Gasteiger partial charge in [-0.3, -0.25) is 4.79 Å². The Morgan fingerprint density at radius 3 is 2.55 bits per heavy atom. The van der Waals surface area contributed by atoms with Crippen molar-refractivity contribution >= 4 is 38.2 Å². The summed E-state index contributed by atoms with van der Waals surface area (Å²) in [6.45, 7) is 7.80. The molecule has 1 saturated heterocycles. The van der Waals surface area contributed by atoms with Gasteiger partial charge < -0.3 is 10.1 Å². The van der Waals surface area contributed by atoms with Gasteiger partial charge in [0.25, 0.3) is 5.91 Å². The van der Waals surface area contributed by atoms with Crippen LogP contribution in [0.15, 0.2) is 23.1 Å². The molecule has 3 rings (SSSR count). The van der Waals surface area contributed by atoms with Crippen molar-refractivity contribution in [2.45, 2.75) is 57.9 Å². The maximum absolute atomic E-state index is 13.2. The average molecular weight is 465 g/mol. The highest BCUT2D eigenvalue weighted by atomic mass is 32.2. The van der Waals surface area contributed by atoms with Crippen LogP contribution < -0.4 is 5.32 Å². The minimum Gasteiger partial charge on any atom is -0.465 e. The van der Waals surface area contributed by atoms with Gasteiger partial charge in [-0.15, -0.1) is 11.3 Å². The number of hydrogen-bond acceptors (Lipinski definition) is 6. The van der Waals surface area contributed by atoms with E-state index in [1.54, 1.807) is 26.0 Å². The van der Waals surface area contributed by atoms with Gasteiger partial charge >= 0.3 is 5.97 Å². The number of benzene rings is 1. The second kappa shape index (κ2) is 9.10. The minimum atomic E-state index is -3.70. The number of methoxy groups -OCH3 is 1. The van der Waals surface area contributed by atoms with E-state index in [0.717, 1.165) is 29.7 Å². The van der Waals surface area contributed by atoms with E-state index < -0.39 is 21.9 Å². The van der Waals surface area contributed by atoms with Gasteiger partial charge in [-0.1, -0.05) is 12.5 Å². The van der Waals surface area contributed by atoms with Gasteiger partial charge in [0.2, 0.25) is 10.0 Å². The molecule has 1 unspecified atom stereocenters. The molecule has 0 radical (unpaired) electrons. The Labute approximate surface area is 187 Å². The van der Waals surface area contributed by atoms with Crippen LogP contribution in [0.1, 0.15) is 62.9 Å². The van der Waals surface area contributed by atoms with Crippen LogP contribution in [0.5, 0.6) is 0 Å². The molecule has 1 aliphatic rings. The predicted octanol–water partition coefficient (Wildman–Crippen LogP) is 4.28. The highest BCUT2D eigenvalue weighted by Gasteiger charge is 2.32. The zero-order chi connectivity index (χ0) is 22.9. The Morgan fingerprint density at radius 1 is 1.19 bits per heavy atom. The molecule has 0 bridgehead atoms. The number of nitrogens with one attached hydrogen (secondary N) is 1. The third-order valence-electron chi connectivity index (χ3n) is 5.80. The van der Waals surface area contributed by atoms with Crippen molar-refractivity contribution in [1.29, 1.82) is 0 Å². The molecule has 1 aromatic carbocycles. The lowest BCUT2D eigenvalue weighted by Gasteiger charge is -2.32. The Hall–Kier alpha value is -2.23. The van der Waals surface area contributed by atoms with E-state index in [2.05, 4.69) is 5.32 Å². The molecule has 1 aliphatic heterocycles. The summed E-state index contributed by atoms with van der Waals surface area (Å²) in [6.07, 6.45) is 2.67. The first-order valence-electron chi connectivity index (χ1n) is 10.2. The van der Waals surface area contributed by atoms with Crippen LogP contribution in [0.4, 0.5) is 5.00 Å². The van der Waals surface area contributed by atoms with Crippen LogP contribution >= 0.6 is 11.3 Å². The number of thiophene rings is 1. The van der Waals surface area contributed by atoms with E-state index >= 15 is 0 Å². The summed E-state index contributed by atoms with van der Waals surface area (Å²) in [7, 11) is -2.41. The predicted molar refractivity (Wildman–Crippen MR) is 121 cm³/mol. The molecule has 0 saturated carbocycles. The number of anilines is 1. The van der Waals surface area contributed by atoms with Crippen molar-refractivity contribution in [1.82, 2.24) is 4.31 Å². The molecule has 7 nitrogen and oxygen atoms in total. The summed E-state index contributed by atoms with van der Waals surface area (Å²) in [5, 5.41) is 3.17. The molecular weight excluding hydrogens is 436 g/mol. The third kappa shape index (κ3) is 4.53. The molecule has 1 aromatic heterocycles. The minimum absolute atomic E-state index is 0.0722. The number of aryl methyl sites for hydroxylation is 2. The summed E-state index contributed by atoms with van der Waals surface area (Å²) in [4.78, 5) is 26.3. The van der Waals surface area contributed by atoms with Gasteiger partial charge in [-0.05, 0) is 63.8 Å². The van der Waals surface area contributed by atoms with Crippen LogP contribution in [0, 0.1) is 20.8 Å². The third-order valence-corrected chi connectivity index (χ3v) is 8.94. The van der Waals surface area contributed by atoms with Crippen molar-refractivity contribution < 1.29 is 22.7 Å². The number of ether oxygens (including phenoxy) is 1. The van der Waals surface area contributed by atoms with E-state index in [4.69, 9.17) is 4.74 Å². The van der Waals surface area contributed by atoms with Crippen molar-refractivity contribution in [3.8, 4) is 0 Å². The maximum Gasteiger partial charge on any atom is 0.341 e. The summed E-state index contributed by atoms with van der Waals surface area (Å²) < 4.78 is 32.8. The zero-order valence-electron chi connectivity index (χ0n) is 18.4. The Balaban J connectivity index is 1.95. The topological polar surface area (TPSA) is 92.8 Å². The molecule has 0 spiro atoms. The number of sulfonamides is 1. The number of amides is 1. The maximum atomic E-state index is 13.2. The van der Waals surface area contributed by atoms with Crippen LogP contribution in [-0.4, -0.2) is 44.3 Å². The Kier molecular flexibility index (Phi) is 6.88. The first-order valence-corrected chi connectivity index (χ1v) is 12.5. The van der Waals surface area contributed by atoms with Crippen LogP contribution in [-0.2, 0) is 14.8 Å². The number of carbonyl (C=O) groups excluding carboxylic acids is 2. The Morgan fingerprint density at radius 2 is 1.90 bits per heavy atom. The number of rotatable bonds is 5. The number of carbonyl (C=O) groups is 2. The summed E-state index contributed by atoms with van der Waals surface area (Å²) in [5.74, 6) is -0.989. The van der Waals surface area contributed by atoms with E-state index in [9.17, 15) is 18.0 Å². The molecule has 1 atom stereocenters. The fraction of sp³-hybridized carbons (Fsp3) is 0.455. The molecular formula is C22H28N2O5S2. The fourth-order valence-electron chi connectivity index (χ4n) is 3.80. The lowest BCUT2D eigenvalue weighted by molar-refractivity contribution is 0.0601. The zero-order valence-corrected chi connectivity index (χ0v) is 20.1. The van der Waals surface area contributed by atoms with Gasteiger partial charge in [-0.2, -0.15) is 4.31 Å². The second-order valence-electron chi connectivity index (χ2n) is 7.87. The van der Waals surface area contributed by atoms with Crippen molar-refractivity contribution in [3.05, 3.63) is 45.3 Å². The number of hydrogen-bond donors (Lipinski definition) is 1. The fourth-order valence-corrected chi connectivity index (χ4v) is 6.57. The number of nitrogens with zero attached hydrogens (tertiary/aromatic N) is 1. The molecule has 2 aromatic rings. The molecule has 0 aliphatic carbocycles. The van der Waals surface area contributed by atoms with E-state index in [0.29, 0.717) is 22.7 Å². The van der Waals surface area contributed by atoms with E-state index in [-0.39, 0.29) is 16.5 Å². The largest absolute Gasteiger partial charge is 0.465 e. The van der Waals surface area contributed by atoms with Crippen molar-refractivity contribution in [2.24, 2.45) is 0 Å². The molecule has 1 N–H and O–H groups in total. The monoisotopic (exact) mass is 464 g/mol. The smallest absolute Gasteiger partial charge is 0.341 e. The summed E-state index contributed by atoms with van der Waals surface area (Å²) in [5.41, 5.74) is 1.97. The number of piperidine rings is 1. The molecule has 1 fully saturated rings. The normalized spacial score (nSPS) is 17.4. The first kappa shape index (κ1) is 23.4. The lowest BCUT2D eigenvalue weighted by Crippen LogP contribution is -2.42.